The maximum Gasteiger partial charge on any atom is 0.123 e. The van der Waals surface area contributed by atoms with Crippen LogP contribution in [0.5, 0.6) is 0 Å². The Morgan fingerprint density at radius 1 is 1.05 bits per heavy atom. The molecule has 0 bridgehead atoms. The van der Waals surface area contributed by atoms with Crippen LogP contribution in [-0.4, -0.2) is 6.54 Å². The van der Waals surface area contributed by atoms with Crippen LogP contribution in [0.2, 0.25) is 0 Å². The molecule has 2 heteroatoms. The van der Waals surface area contributed by atoms with Crippen LogP contribution in [0, 0.1) is 19.7 Å². The van der Waals surface area contributed by atoms with Gasteiger partial charge in [-0.25, -0.2) is 4.39 Å². The first-order valence-corrected chi connectivity index (χ1v) is 7.65. The zero-order chi connectivity index (χ0) is 15.2. The van der Waals surface area contributed by atoms with Crippen LogP contribution in [0.25, 0.3) is 0 Å². The summed E-state index contributed by atoms with van der Waals surface area (Å²) in [5.74, 6) is -0.162. The molecule has 0 aliphatic heterocycles. The highest BCUT2D eigenvalue weighted by Gasteiger charge is 2.13. The smallest absolute Gasteiger partial charge is 0.123 e. The standard InChI is InChI=1S/C19H24FN/c1-4-21-19(18-11-10-17(20)13-15(18)3)12-9-16-8-6-5-7-14(16)2/h5-8,10-11,13,19,21H,4,9,12H2,1-3H3. The topological polar surface area (TPSA) is 12.0 Å². The number of hydrogen-bond donors (Lipinski definition) is 1. The van der Waals surface area contributed by atoms with E-state index >= 15 is 0 Å². The molecular weight excluding hydrogens is 261 g/mol. The fourth-order valence-electron chi connectivity index (χ4n) is 2.83. The van der Waals surface area contributed by atoms with Gasteiger partial charge in [0.05, 0.1) is 0 Å². The Balaban J connectivity index is 2.14. The van der Waals surface area contributed by atoms with E-state index in [0.717, 1.165) is 24.9 Å². The van der Waals surface area contributed by atoms with Crippen molar-refractivity contribution in [3.8, 4) is 0 Å². The first kappa shape index (κ1) is 15.7. The summed E-state index contributed by atoms with van der Waals surface area (Å²) in [5, 5.41) is 3.53. The predicted octanol–water partition coefficient (Wildman–Crippen LogP) is 4.73. The number of hydrogen-bond acceptors (Lipinski definition) is 1. The Bertz CT molecular complexity index is 592. The third kappa shape index (κ3) is 4.15. The van der Waals surface area contributed by atoms with E-state index in [1.54, 1.807) is 12.1 Å². The van der Waals surface area contributed by atoms with Gasteiger partial charge in [-0.15, -0.1) is 0 Å². The number of benzene rings is 2. The summed E-state index contributed by atoms with van der Waals surface area (Å²) in [7, 11) is 0. The summed E-state index contributed by atoms with van der Waals surface area (Å²) in [6, 6.07) is 13.9. The number of rotatable bonds is 6. The second kappa shape index (κ2) is 7.37. The SMILES string of the molecule is CCNC(CCc1ccccc1C)c1ccc(F)cc1C. The molecule has 21 heavy (non-hydrogen) atoms. The molecule has 0 aliphatic carbocycles. The number of halogens is 1. The van der Waals surface area contributed by atoms with Crippen molar-refractivity contribution >= 4 is 0 Å². The molecule has 0 saturated heterocycles. The first-order chi connectivity index (χ1) is 10.1. The van der Waals surface area contributed by atoms with Gasteiger partial charge in [0.25, 0.3) is 0 Å². The van der Waals surface area contributed by atoms with Crippen LogP contribution in [0.1, 0.15) is 41.6 Å². The summed E-state index contributed by atoms with van der Waals surface area (Å²) < 4.78 is 13.3. The molecule has 0 spiro atoms. The van der Waals surface area contributed by atoms with Crippen molar-refractivity contribution in [2.24, 2.45) is 0 Å². The summed E-state index contributed by atoms with van der Waals surface area (Å²) in [6.07, 6.45) is 2.05. The minimum Gasteiger partial charge on any atom is -0.310 e. The van der Waals surface area contributed by atoms with Crippen LogP contribution >= 0.6 is 0 Å². The van der Waals surface area contributed by atoms with E-state index in [9.17, 15) is 4.39 Å². The molecule has 2 aromatic rings. The molecule has 0 heterocycles. The second-order valence-electron chi connectivity index (χ2n) is 5.58. The zero-order valence-electron chi connectivity index (χ0n) is 13.1. The van der Waals surface area contributed by atoms with Crippen LogP contribution in [-0.2, 0) is 6.42 Å². The van der Waals surface area contributed by atoms with E-state index in [2.05, 4.69) is 43.4 Å². The van der Waals surface area contributed by atoms with Crippen LogP contribution < -0.4 is 5.32 Å². The molecule has 112 valence electrons. The van der Waals surface area contributed by atoms with Gasteiger partial charge in [0, 0.05) is 6.04 Å². The summed E-state index contributed by atoms with van der Waals surface area (Å²) >= 11 is 0. The Morgan fingerprint density at radius 2 is 1.81 bits per heavy atom. The second-order valence-corrected chi connectivity index (χ2v) is 5.58. The molecule has 0 aliphatic rings. The zero-order valence-corrected chi connectivity index (χ0v) is 13.1. The maximum atomic E-state index is 13.3. The van der Waals surface area contributed by atoms with Gasteiger partial charge < -0.3 is 5.32 Å². The van der Waals surface area contributed by atoms with Crippen molar-refractivity contribution in [2.45, 2.75) is 39.7 Å². The van der Waals surface area contributed by atoms with Crippen LogP contribution in [0.4, 0.5) is 4.39 Å². The van der Waals surface area contributed by atoms with Crippen molar-refractivity contribution in [3.05, 3.63) is 70.5 Å². The van der Waals surface area contributed by atoms with E-state index < -0.39 is 0 Å². The summed E-state index contributed by atoms with van der Waals surface area (Å²) in [6.45, 7) is 7.16. The maximum absolute atomic E-state index is 13.3. The van der Waals surface area contributed by atoms with Crippen molar-refractivity contribution in [1.29, 1.82) is 0 Å². The normalized spacial score (nSPS) is 12.4. The van der Waals surface area contributed by atoms with E-state index in [4.69, 9.17) is 0 Å². The van der Waals surface area contributed by atoms with Crippen LogP contribution in [0.15, 0.2) is 42.5 Å². The third-order valence-corrected chi connectivity index (χ3v) is 4.02. The van der Waals surface area contributed by atoms with E-state index in [1.807, 2.05) is 13.0 Å². The third-order valence-electron chi connectivity index (χ3n) is 4.02. The minimum atomic E-state index is -0.162. The fourth-order valence-corrected chi connectivity index (χ4v) is 2.83. The number of aryl methyl sites for hydroxylation is 3. The summed E-state index contributed by atoms with van der Waals surface area (Å²) in [5.41, 5.74) is 4.95. The largest absolute Gasteiger partial charge is 0.310 e. The minimum absolute atomic E-state index is 0.162. The van der Waals surface area contributed by atoms with Gasteiger partial charge in [0.1, 0.15) is 5.82 Å². The van der Waals surface area contributed by atoms with Gasteiger partial charge in [-0.3, -0.25) is 0 Å². The molecule has 2 aromatic carbocycles. The Kier molecular flexibility index (Phi) is 5.51. The lowest BCUT2D eigenvalue weighted by molar-refractivity contribution is 0.511. The monoisotopic (exact) mass is 285 g/mol. The number of nitrogens with one attached hydrogen (secondary N) is 1. The van der Waals surface area contributed by atoms with E-state index in [1.165, 1.54) is 16.7 Å². The Labute approximate surface area is 127 Å². The van der Waals surface area contributed by atoms with Gasteiger partial charge >= 0.3 is 0 Å². The van der Waals surface area contributed by atoms with Gasteiger partial charge in [-0.2, -0.15) is 0 Å². The highest BCUT2D eigenvalue weighted by atomic mass is 19.1. The van der Waals surface area contributed by atoms with E-state index in [0.29, 0.717) is 0 Å². The quantitative estimate of drug-likeness (QED) is 0.809. The molecule has 0 radical (unpaired) electrons. The molecule has 0 aromatic heterocycles. The molecule has 0 amide bonds. The van der Waals surface area contributed by atoms with E-state index in [-0.39, 0.29) is 11.9 Å². The van der Waals surface area contributed by atoms with Crippen molar-refractivity contribution in [2.75, 3.05) is 6.54 Å². The lowest BCUT2D eigenvalue weighted by atomic mass is 9.94. The van der Waals surface area contributed by atoms with Gasteiger partial charge in [-0.05, 0) is 67.6 Å². The highest BCUT2D eigenvalue weighted by molar-refractivity contribution is 5.31. The molecule has 1 unspecified atom stereocenters. The van der Waals surface area contributed by atoms with Crippen LogP contribution in [0.3, 0.4) is 0 Å². The first-order valence-electron chi connectivity index (χ1n) is 7.65. The highest BCUT2D eigenvalue weighted by Crippen LogP contribution is 2.24. The molecular formula is C19H24FN. The Morgan fingerprint density at radius 3 is 2.48 bits per heavy atom. The molecule has 2 rings (SSSR count). The Hall–Kier alpha value is -1.67. The lowest BCUT2D eigenvalue weighted by Gasteiger charge is -2.21. The van der Waals surface area contributed by atoms with Crippen molar-refractivity contribution < 1.29 is 4.39 Å². The van der Waals surface area contributed by atoms with Gasteiger partial charge in [-0.1, -0.05) is 37.3 Å². The van der Waals surface area contributed by atoms with Gasteiger partial charge in [0.2, 0.25) is 0 Å². The molecule has 0 fully saturated rings. The molecule has 1 atom stereocenters. The lowest BCUT2D eigenvalue weighted by Crippen LogP contribution is -2.22. The van der Waals surface area contributed by atoms with Crippen molar-refractivity contribution in [1.82, 2.24) is 5.32 Å². The fraction of sp³-hybridized carbons (Fsp3) is 0.368. The average molecular weight is 285 g/mol. The summed E-state index contributed by atoms with van der Waals surface area (Å²) in [4.78, 5) is 0. The van der Waals surface area contributed by atoms with Gasteiger partial charge in [0.15, 0.2) is 0 Å². The predicted molar refractivity (Wildman–Crippen MR) is 87.1 cm³/mol. The molecule has 1 N–H and O–H groups in total. The van der Waals surface area contributed by atoms with Crippen molar-refractivity contribution in [3.63, 3.8) is 0 Å². The average Bonchev–Trinajstić information content (AvgIpc) is 2.45. The molecule has 0 saturated carbocycles. The molecule has 1 nitrogen and oxygen atoms in total.